The number of hydrogen-bond acceptors (Lipinski definition) is 3. The zero-order chi connectivity index (χ0) is 18.7. The van der Waals surface area contributed by atoms with Gasteiger partial charge in [0.2, 0.25) is 0 Å². The summed E-state index contributed by atoms with van der Waals surface area (Å²) < 4.78 is 43.1. The van der Waals surface area contributed by atoms with E-state index >= 15 is 0 Å². The number of benzene rings is 2. The summed E-state index contributed by atoms with van der Waals surface area (Å²) >= 11 is 0. The third-order valence-electron chi connectivity index (χ3n) is 3.63. The predicted octanol–water partition coefficient (Wildman–Crippen LogP) is 4.36. The molecule has 0 fully saturated rings. The summed E-state index contributed by atoms with van der Waals surface area (Å²) in [6.45, 7) is 0. The highest BCUT2D eigenvalue weighted by molar-refractivity contribution is 6.04. The van der Waals surface area contributed by atoms with E-state index in [0.717, 1.165) is 6.07 Å². The van der Waals surface area contributed by atoms with Crippen molar-refractivity contribution in [3.8, 4) is 17.0 Å². The second-order valence-corrected chi connectivity index (χ2v) is 5.43. The number of ether oxygens (including phenoxy) is 1. The minimum absolute atomic E-state index is 0.134. The molecule has 2 aromatic carbocycles. The Morgan fingerprint density at radius 2 is 1.88 bits per heavy atom. The fraction of sp³-hybridized carbons (Fsp3) is 0.111. The van der Waals surface area contributed by atoms with Crippen LogP contribution in [0.3, 0.4) is 0 Å². The Balaban J connectivity index is 1.81. The molecule has 1 heterocycles. The van der Waals surface area contributed by atoms with Gasteiger partial charge in [-0.15, -0.1) is 0 Å². The van der Waals surface area contributed by atoms with Gasteiger partial charge in [-0.2, -0.15) is 18.3 Å². The lowest BCUT2D eigenvalue weighted by Gasteiger charge is -2.08. The first-order valence-corrected chi connectivity index (χ1v) is 7.55. The average Bonchev–Trinajstić information content (AvgIpc) is 3.12. The number of carbonyl (C=O) groups is 1. The van der Waals surface area contributed by atoms with E-state index in [1.165, 1.54) is 7.11 Å². The Bertz CT molecular complexity index is 935. The van der Waals surface area contributed by atoms with E-state index in [4.69, 9.17) is 4.74 Å². The molecule has 0 aliphatic carbocycles. The van der Waals surface area contributed by atoms with E-state index in [-0.39, 0.29) is 11.6 Å². The molecule has 3 aromatic rings. The number of amides is 1. The molecule has 134 valence electrons. The van der Waals surface area contributed by atoms with Crippen LogP contribution in [0.5, 0.6) is 5.75 Å². The van der Waals surface area contributed by atoms with E-state index in [9.17, 15) is 18.0 Å². The van der Waals surface area contributed by atoms with Gasteiger partial charge >= 0.3 is 6.18 Å². The molecule has 2 N–H and O–H groups in total. The highest BCUT2D eigenvalue weighted by Gasteiger charge is 2.33. The molecule has 0 spiro atoms. The van der Waals surface area contributed by atoms with Gasteiger partial charge in [0.05, 0.1) is 12.8 Å². The number of aromatic amines is 1. The Morgan fingerprint density at radius 3 is 2.58 bits per heavy atom. The molecule has 8 heteroatoms. The zero-order valence-electron chi connectivity index (χ0n) is 13.6. The maximum atomic E-state index is 12.7. The molecule has 0 bridgehead atoms. The van der Waals surface area contributed by atoms with Crippen LogP contribution in [0.25, 0.3) is 11.3 Å². The molecule has 0 unspecified atom stereocenters. The molecule has 0 atom stereocenters. The molecule has 0 aliphatic rings. The number of halogens is 3. The molecule has 5 nitrogen and oxygen atoms in total. The first kappa shape index (κ1) is 17.5. The molecular weight excluding hydrogens is 347 g/mol. The Kier molecular flexibility index (Phi) is 4.66. The van der Waals surface area contributed by atoms with E-state index in [1.54, 1.807) is 48.5 Å². The summed E-state index contributed by atoms with van der Waals surface area (Å²) in [5.41, 5.74) is 0.481. The predicted molar refractivity (Wildman–Crippen MR) is 90.0 cm³/mol. The van der Waals surface area contributed by atoms with Gasteiger partial charge in [0.15, 0.2) is 0 Å². The number of rotatable bonds is 4. The van der Waals surface area contributed by atoms with Crippen LogP contribution in [0, 0.1) is 0 Å². The molecule has 0 aliphatic heterocycles. The summed E-state index contributed by atoms with van der Waals surface area (Å²) in [6.07, 6.45) is -4.50. The third-order valence-corrected chi connectivity index (χ3v) is 3.63. The van der Waals surface area contributed by atoms with Gasteiger partial charge in [0.25, 0.3) is 5.91 Å². The molecular formula is C18H14F3N3O2. The molecule has 26 heavy (non-hydrogen) atoms. The zero-order valence-corrected chi connectivity index (χ0v) is 13.6. The van der Waals surface area contributed by atoms with Gasteiger partial charge in [-0.1, -0.05) is 18.2 Å². The lowest BCUT2D eigenvalue weighted by Crippen LogP contribution is -2.11. The Morgan fingerprint density at radius 1 is 1.12 bits per heavy atom. The maximum absolute atomic E-state index is 12.7. The van der Waals surface area contributed by atoms with Crippen molar-refractivity contribution in [2.45, 2.75) is 6.18 Å². The first-order valence-electron chi connectivity index (χ1n) is 7.55. The molecule has 0 saturated heterocycles. The molecule has 3 rings (SSSR count). The van der Waals surface area contributed by atoms with Gasteiger partial charge in [-0.3, -0.25) is 9.89 Å². The van der Waals surface area contributed by atoms with Crippen LogP contribution in [0.15, 0.2) is 54.6 Å². The molecule has 1 aromatic heterocycles. The number of nitrogens with zero attached hydrogens (tertiary/aromatic N) is 1. The van der Waals surface area contributed by atoms with Crippen molar-refractivity contribution < 1.29 is 22.7 Å². The van der Waals surface area contributed by atoms with E-state index in [1.807, 2.05) is 5.10 Å². The lowest BCUT2D eigenvalue weighted by molar-refractivity contribution is -0.141. The minimum Gasteiger partial charge on any atom is -0.497 e. The summed E-state index contributed by atoms with van der Waals surface area (Å²) in [5.74, 6) is 0.182. The Labute approximate surface area is 146 Å². The van der Waals surface area contributed by atoms with Crippen molar-refractivity contribution in [1.29, 1.82) is 0 Å². The van der Waals surface area contributed by atoms with Crippen LogP contribution in [0.4, 0.5) is 18.9 Å². The van der Waals surface area contributed by atoms with Crippen molar-refractivity contribution >= 4 is 11.6 Å². The lowest BCUT2D eigenvalue weighted by atomic mass is 10.1. The van der Waals surface area contributed by atoms with Crippen LogP contribution in [-0.2, 0) is 6.18 Å². The molecule has 0 saturated carbocycles. The van der Waals surface area contributed by atoms with E-state index in [0.29, 0.717) is 22.6 Å². The molecule has 0 radical (unpaired) electrons. The van der Waals surface area contributed by atoms with Crippen LogP contribution in [-0.4, -0.2) is 23.2 Å². The summed E-state index contributed by atoms with van der Waals surface area (Å²) in [7, 11) is 1.50. The summed E-state index contributed by atoms with van der Waals surface area (Å²) in [5, 5.41) is 8.35. The van der Waals surface area contributed by atoms with Crippen LogP contribution < -0.4 is 10.1 Å². The minimum atomic E-state index is -4.50. The monoisotopic (exact) mass is 361 g/mol. The fourth-order valence-corrected chi connectivity index (χ4v) is 2.34. The molecule has 1 amide bonds. The van der Waals surface area contributed by atoms with Crippen molar-refractivity contribution in [3.05, 3.63) is 65.9 Å². The summed E-state index contributed by atoms with van der Waals surface area (Å²) in [4.78, 5) is 12.3. The second-order valence-electron chi connectivity index (χ2n) is 5.43. The number of methoxy groups -OCH3 is 1. The highest BCUT2D eigenvalue weighted by atomic mass is 19.4. The van der Waals surface area contributed by atoms with E-state index < -0.39 is 11.9 Å². The smallest absolute Gasteiger partial charge is 0.432 e. The number of anilines is 1. The number of hydrogen-bond donors (Lipinski definition) is 2. The normalized spacial score (nSPS) is 11.2. The average molecular weight is 361 g/mol. The highest BCUT2D eigenvalue weighted by Crippen LogP contribution is 2.31. The largest absolute Gasteiger partial charge is 0.497 e. The maximum Gasteiger partial charge on any atom is 0.432 e. The fourth-order valence-electron chi connectivity index (χ4n) is 2.34. The first-order chi connectivity index (χ1) is 12.4. The number of nitrogens with one attached hydrogen (secondary N) is 2. The third kappa shape index (κ3) is 3.85. The second kappa shape index (κ2) is 6.91. The van der Waals surface area contributed by atoms with Crippen molar-refractivity contribution in [3.63, 3.8) is 0 Å². The standard InChI is InChI=1S/C18H14F3N3O2/c1-26-14-7-3-5-12(9-14)17(25)22-13-6-2-4-11(8-13)15-10-16(24-23-15)18(19,20)21/h2-10H,1H3,(H,22,25)(H,23,24). The number of aromatic nitrogens is 2. The van der Waals surface area contributed by atoms with Gasteiger partial charge < -0.3 is 10.1 Å². The topological polar surface area (TPSA) is 67.0 Å². The summed E-state index contributed by atoms with van der Waals surface area (Å²) in [6, 6.07) is 14.0. The van der Waals surface area contributed by atoms with Crippen LogP contribution in [0.2, 0.25) is 0 Å². The number of carbonyl (C=O) groups excluding carboxylic acids is 1. The van der Waals surface area contributed by atoms with Crippen molar-refractivity contribution in [2.75, 3.05) is 12.4 Å². The quantitative estimate of drug-likeness (QED) is 0.726. The van der Waals surface area contributed by atoms with Crippen LogP contribution in [0.1, 0.15) is 16.1 Å². The van der Waals surface area contributed by atoms with Crippen molar-refractivity contribution in [1.82, 2.24) is 10.2 Å². The SMILES string of the molecule is COc1cccc(C(=O)Nc2cccc(-c3cc(C(F)(F)F)[nH]n3)c2)c1. The number of H-pyrrole nitrogens is 1. The van der Waals surface area contributed by atoms with Gasteiger partial charge in [-0.25, -0.2) is 0 Å². The van der Waals surface area contributed by atoms with Gasteiger partial charge in [0.1, 0.15) is 11.4 Å². The van der Waals surface area contributed by atoms with Crippen LogP contribution >= 0.6 is 0 Å². The number of alkyl halides is 3. The van der Waals surface area contributed by atoms with Gasteiger partial charge in [0, 0.05) is 16.8 Å². The Hall–Kier alpha value is -3.29. The van der Waals surface area contributed by atoms with Crippen molar-refractivity contribution in [2.24, 2.45) is 0 Å². The van der Waals surface area contributed by atoms with Gasteiger partial charge in [-0.05, 0) is 36.4 Å². The van der Waals surface area contributed by atoms with E-state index in [2.05, 4.69) is 10.4 Å².